The molecule has 0 aromatic heterocycles. The van der Waals surface area contributed by atoms with Gasteiger partial charge in [-0.15, -0.1) is 11.6 Å². The number of alkyl halides is 1. The maximum Gasteiger partial charge on any atom is 0.322 e. The molecule has 0 aliphatic heterocycles. The van der Waals surface area contributed by atoms with E-state index in [0.29, 0.717) is 6.42 Å². The van der Waals surface area contributed by atoms with Gasteiger partial charge in [0.05, 0.1) is 5.38 Å². The second-order valence-electron chi connectivity index (χ2n) is 3.12. The van der Waals surface area contributed by atoms with Gasteiger partial charge in [-0.1, -0.05) is 35.6 Å². The standard InChI is InChI=1S/C11H11ClO2/c1-8-3-2-4-10(12)6-5-9(7-8)11(13)14/h2-3,7,9-10H,4H2,1H3,(H,13,14)/b3-2?,8-7-. The minimum absolute atomic E-state index is 0.299. The molecule has 0 fully saturated rings. The number of hydrogen-bond donors (Lipinski definition) is 1. The van der Waals surface area contributed by atoms with Crippen LogP contribution in [0.25, 0.3) is 0 Å². The molecule has 0 aromatic rings. The Balaban J connectivity index is 2.97. The Labute approximate surface area is 88.3 Å². The van der Waals surface area contributed by atoms with Crippen molar-refractivity contribution in [2.24, 2.45) is 5.92 Å². The van der Waals surface area contributed by atoms with Crippen LogP contribution in [-0.4, -0.2) is 16.5 Å². The predicted molar refractivity (Wildman–Crippen MR) is 56.1 cm³/mol. The molecule has 3 heteroatoms. The van der Waals surface area contributed by atoms with Crippen LogP contribution < -0.4 is 0 Å². The van der Waals surface area contributed by atoms with Crippen molar-refractivity contribution in [3.05, 3.63) is 23.8 Å². The molecule has 14 heavy (non-hydrogen) atoms. The lowest BCUT2D eigenvalue weighted by Gasteiger charge is -1.98. The maximum absolute atomic E-state index is 10.8. The fourth-order valence-corrected chi connectivity index (χ4v) is 1.27. The number of halogens is 1. The third kappa shape index (κ3) is 3.27. The summed E-state index contributed by atoms with van der Waals surface area (Å²) in [5, 5.41) is 8.54. The molecule has 2 unspecified atom stereocenters. The van der Waals surface area contributed by atoms with Gasteiger partial charge in [0.25, 0.3) is 0 Å². The van der Waals surface area contributed by atoms with Crippen molar-refractivity contribution in [3.8, 4) is 11.8 Å². The van der Waals surface area contributed by atoms with Crippen molar-refractivity contribution in [2.75, 3.05) is 0 Å². The Bertz CT molecular complexity index is 344. The van der Waals surface area contributed by atoms with Gasteiger partial charge < -0.3 is 5.11 Å². The lowest BCUT2D eigenvalue weighted by atomic mass is 10.1. The van der Waals surface area contributed by atoms with Gasteiger partial charge in [-0.25, -0.2) is 0 Å². The number of carboxylic acids is 1. The summed E-state index contributed by atoms with van der Waals surface area (Å²) in [7, 11) is 0. The average molecular weight is 211 g/mol. The molecule has 2 atom stereocenters. The Morgan fingerprint density at radius 1 is 1.64 bits per heavy atom. The molecule has 0 radical (unpaired) electrons. The molecule has 74 valence electrons. The summed E-state index contributed by atoms with van der Waals surface area (Å²) in [6, 6.07) is 0. The van der Waals surface area contributed by atoms with Gasteiger partial charge in [0.15, 0.2) is 0 Å². The van der Waals surface area contributed by atoms with E-state index in [0.717, 1.165) is 5.57 Å². The van der Waals surface area contributed by atoms with Crippen molar-refractivity contribution in [1.29, 1.82) is 0 Å². The first-order valence-corrected chi connectivity index (χ1v) is 4.76. The Morgan fingerprint density at radius 2 is 2.36 bits per heavy atom. The quantitative estimate of drug-likeness (QED) is 0.532. The summed E-state index contributed by atoms with van der Waals surface area (Å²) in [4.78, 5) is 10.8. The van der Waals surface area contributed by atoms with Gasteiger partial charge in [0.1, 0.15) is 5.92 Å². The van der Waals surface area contributed by atoms with Crippen LogP contribution in [0.15, 0.2) is 23.8 Å². The van der Waals surface area contributed by atoms with E-state index < -0.39 is 11.9 Å². The fraction of sp³-hybridized carbons (Fsp3) is 0.364. The molecule has 1 aliphatic rings. The molecule has 0 bridgehead atoms. The molecule has 0 saturated carbocycles. The number of allylic oxidation sites excluding steroid dienone is 3. The van der Waals surface area contributed by atoms with Gasteiger partial charge in [0, 0.05) is 0 Å². The zero-order chi connectivity index (χ0) is 10.6. The molecule has 1 N–H and O–H groups in total. The van der Waals surface area contributed by atoms with Crippen molar-refractivity contribution in [2.45, 2.75) is 18.7 Å². The van der Waals surface area contributed by atoms with Gasteiger partial charge in [-0.2, -0.15) is 0 Å². The highest BCUT2D eigenvalue weighted by Gasteiger charge is 2.12. The minimum atomic E-state index is -0.934. The second-order valence-corrected chi connectivity index (χ2v) is 3.65. The van der Waals surface area contributed by atoms with Crippen molar-refractivity contribution in [1.82, 2.24) is 0 Å². The maximum atomic E-state index is 10.8. The summed E-state index contributed by atoms with van der Waals surface area (Å²) in [6.45, 7) is 1.85. The molecule has 1 aliphatic carbocycles. The molecular formula is C11H11ClO2. The first kappa shape index (κ1) is 10.9. The molecule has 0 amide bonds. The van der Waals surface area contributed by atoms with E-state index in [1.54, 1.807) is 6.08 Å². The highest BCUT2D eigenvalue weighted by atomic mass is 35.5. The number of carboxylic acid groups (broad SMARTS) is 1. The monoisotopic (exact) mass is 210 g/mol. The van der Waals surface area contributed by atoms with Crippen LogP contribution in [0.2, 0.25) is 0 Å². The Morgan fingerprint density at radius 3 is 3.00 bits per heavy atom. The largest absolute Gasteiger partial charge is 0.480 e. The van der Waals surface area contributed by atoms with Crippen LogP contribution in [-0.2, 0) is 4.79 Å². The SMILES string of the molecule is C/C1=C/C(C(=O)O)C#CC(Cl)CC=C1. The topological polar surface area (TPSA) is 37.3 Å². The zero-order valence-electron chi connectivity index (χ0n) is 7.83. The van der Waals surface area contributed by atoms with Gasteiger partial charge >= 0.3 is 5.97 Å². The van der Waals surface area contributed by atoms with E-state index in [4.69, 9.17) is 16.7 Å². The number of carbonyl (C=O) groups is 1. The van der Waals surface area contributed by atoms with Crippen molar-refractivity contribution >= 4 is 17.6 Å². The Hall–Kier alpha value is -1.20. The normalized spacial score (nSPS) is 30.0. The summed E-state index contributed by atoms with van der Waals surface area (Å²) >= 11 is 5.84. The number of hydrogen-bond acceptors (Lipinski definition) is 1. The first-order valence-electron chi connectivity index (χ1n) is 4.32. The third-order valence-corrected chi connectivity index (χ3v) is 2.10. The van der Waals surface area contributed by atoms with Gasteiger partial charge in [-0.05, 0) is 13.3 Å². The van der Waals surface area contributed by atoms with Crippen LogP contribution in [0.1, 0.15) is 13.3 Å². The van der Waals surface area contributed by atoms with Crippen molar-refractivity contribution < 1.29 is 9.90 Å². The van der Waals surface area contributed by atoms with Crippen LogP contribution in [0.5, 0.6) is 0 Å². The third-order valence-electron chi connectivity index (χ3n) is 1.81. The fourth-order valence-electron chi connectivity index (χ4n) is 1.11. The van der Waals surface area contributed by atoms with E-state index in [-0.39, 0.29) is 5.38 Å². The van der Waals surface area contributed by atoms with Gasteiger partial charge in [0.2, 0.25) is 0 Å². The molecule has 2 nitrogen and oxygen atoms in total. The van der Waals surface area contributed by atoms with Crippen LogP contribution in [0, 0.1) is 17.8 Å². The van der Waals surface area contributed by atoms with E-state index in [1.165, 1.54) is 0 Å². The minimum Gasteiger partial charge on any atom is -0.480 e. The molecular weight excluding hydrogens is 200 g/mol. The summed E-state index contributed by atoms with van der Waals surface area (Å²) in [5.74, 6) is 3.67. The second kappa shape index (κ2) is 4.88. The summed E-state index contributed by atoms with van der Waals surface area (Å²) in [5.41, 5.74) is 0.900. The smallest absolute Gasteiger partial charge is 0.322 e. The van der Waals surface area contributed by atoms with Crippen LogP contribution in [0.3, 0.4) is 0 Å². The molecule has 0 saturated heterocycles. The zero-order valence-corrected chi connectivity index (χ0v) is 8.58. The lowest BCUT2D eigenvalue weighted by Crippen LogP contribution is -2.09. The molecule has 0 aromatic carbocycles. The van der Waals surface area contributed by atoms with E-state index >= 15 is 0 Å². The predicted octanol–water partition coefficient (Wildman–Crippen LogP) is 2.20. The first-order chi connectivity index (χ1) is 6.59. The van der Waals surface area contributed by atoms with Crippen LogP contribution >= 0.6 is 11.6 Å². The lowest BCUT2D eigenvalue weighted by molar-refractivity contribution is -0.138. The number of aliphatic carboxylic acids is 1. The van der Waals surface area contributed by atoms with E-state index in [2.05, 4.69) is 11.8 Å². The van der Waals surface area contributed by atoms with E-state index in [1.807, 2.05) is 19.1 Å². The Kier molecular flexibility index (Phi) is 3.79. The summed E-state index contributed by atoms with van der Waals surface area (Å²) < 4.78 is 0. The molecule has 1 rings (SSSR count). The molecule has 0 spiro atoms. The average Bonchev–Trinajstić information content (AvgIpc) is 2.17. The van der Waals surface area contributed by atoms with Crippen LogP contribution in [0.4, 0.5) is 0 Å². The van der Waals surface area contributed by atoms with Gasteiger partial charge in [-0.3, -0.25) is 4.79 Å². The number of rotatable bonds is 1. The highest BCUT2D eigenvalue weighted by molar-refractivity contribution is 6.22. The summed E-state index contributed by atoms with van der Waals surface area (Å²) in [6.07, 6.45) is 6.04. The molecule has 0 heterocycles. The van der Waals surface area contributed by atoms with Crippen molar-refractivity contribution in [3.63, 3.8) is 0 Å². The van der Waals surface area contributed by atoms with E-state index in [9.17, 15) is 4.79 Å². The highest BCUT2D eigenvalue weighted by Crippen LogP contribution is 2.10.